The monoisotopic (exact) mass is 145 g/mol. The van der Waals surface area contributed by atoms with Crippen LogP contribution < -0.4 is 5.32 Å². The zero-order valence-corrected chi connectivity index (χ0v) is 5.76. The maximum absolute atomic E-state index is 12.1. The van der Waals surface area contributed by atoms with Gasteiger partial charge in [-0.25, -0.2) is 4.39 Å². The van der Waals surface area contributed by atoms with Crippen molar-refractivity contribution in [1.82, 2.24) is 5.32 Å². The summed E-state index contributed by atoms with van der Waals surface area (Å²) >= 11 is 0. The standard InChI is InChI=1S/C7H12FNO/c8-3-6-4-1-5(9-6)7(10)2-4/h4-7,9-10H,1-3H2. The zero-order chi connectivity index (χ0) is 7.14. The van der Waals surface area contributed by atoms with Crippen molar-refractivity contribution >= 4 is 0 Å². The van der Waals surface area contributed by atoms with Crippen LogP contribution in [-0.4, -0.2) is 30.0 Å². The molecule has 2 nitrogen and oxygen atoms in total. The highest BCUT2D eigenvalue weighted by atomic mass is 19.1. The number of hydrogen-bond acceptors (Lipinski definition) is 2. The average molecular weight is 145 g/mol. The van der Waals surface area contributed by atoms with Crippen molar-refractivity contribution in [2.45, 2.75) is 31.0 Å². The maximum atomic E-state index is 12.1. The number of rotatable bonds is 1. The molecule has 2 bridgehead atoms. The summed E-state index contributed by atoms with van der Waals surface area (Å²) in [5, 5.41) is 12.3. The molecule has 1 saturated carbocycles. The Balaban J connectivity index is 2.02. The van der Waals surface area contributed by atoms with Gasteiger partial charge in [-0.3, -0.25) is 0 Å². The van der Waals surface area contributed by atoms with Gasteiger partial charge in [-0.2, -0.15) is 0 Å². The third-order valence-corrected chi connectivity index (χ3v) is 2.73. The van der Waals surface area contributed by atoms with E-state index < -0.39 is 0 Å². The van der Waals surface area contributed by atoms with Gasteiger partial charge in [0.1, 0.15) is 6.67 Å². The Kier molecular flexibility index (Phi) is 1.42. The van der Waals surface area contributed by atoms with Gasteiger partial charge in [-0.05, 0) is 18.8 Å². The third kappa shape index (κ3) is 0.772. The number of alkyl halides is 1. The summed E-state index contributed by atoms with van der Waals surface area (Å²) in [4.78, 5) is 0. The van der Waals surface area contributed by atoms with Crippen LogP contribution in [0.5, 0.6) is 0 Å². The van der Waals surface area contributed by atoms with E-state index >= 15 is 0 Å². The lowest BCUT2D eigenvalue weighted by molar-refractivity contribution is 0.113. The fraction of sp³-hybridized carbons (Fsp3) is 1.00. The van der Waals surface area contributed by atoms with Crippen LogP contribution in [0.3, 0.4) is 0 Å². The van der Waals surface area contributed by atoms with Crippen molar-refractivity contribution in [3.8, 4) is 0 Å². The highest BCUT2D eigenvalue weighted by Crippen LogP contribution is 2.35. The SMILES string of the molecule is OC1CC2CC1NC2CF. The molecule has 0 aromatic carbocycles. The zero-order valence-electron chi connectivity index (χ0n) is 5.76. The molecule has 0 amide bonds. The second kappa shape index (κ2) is 2.17. The van der Waals surface area contributed by atoms with E-state index in [1.165, 1.54) is 0 Å². The molecule has 0 radical (unpaired) electrons. The van der Waals surface area contributed by atoms with Crippen molar-refractivity contribution in [2.75, 3.05) is 6.67 Å². The number of hydrogen-bond donors (Lipinski definition) is 2. The normalized spacial score (nSPS) is 52.2. The van der Waals surface area contributed by atoms with Gasteiger partial charge in [0.25, 0.3) is 0 Å². The minimum Gasteiger partial charge on any atom is -0.391 e. The predicted molar refractivity (Wildman–Crippen MR) is 35.4 cm³/mol. The fourth-order valence-corrected chi connectivity index (χ4v) is 2.14. The van der Waals surface area contributed by atoms with Gasteiger partial charge in [-0.1, -0.05) is 0 Å². The molecule has 2 N–H and O–H groups in total. The summed E-state index contributed by atoms with van der Waals surface area (Å²) < 4.78 is 12.1. The van der Waals surface area contributed by atoms with Gasteiger partial charge in [0, 0.05) is 12.1 Å². The van der Waals surface area contributed by atoms with E-state index in [1.807, 2.05) is 0 Å². The lowest BCUT2D eigenvalue weighted by Crippen LogP contribution is -2.44. The maximum Gasteiger partial charge on any atom is 0.105 e. The van der Waals surface area contributed by atoms with Gasteiger partial charge in [0.2, 0.25) is 0 Å². The molecule has 0 aromatic heterocycles. The van der Waals surface area contributed by atoms with Gasteiger partial charge in [0.05, 0.1) is 6.10 Å². The molecule has 2 aliphatic rings. The number of halogens is 1. The molecular weight excluding hydrogens is 133 g/mol. The molecule has 4 atom stereocenters. The molecule has 1 aliphatic carbocycles. The minimum absolute atomic E-state index is 0.0356. The highest BCUT2D eigenvalue weighted by molar-refractivity contribution is 5.01. The average Bonchev–Trinajstić information content (AvgIpc) is 2.44. The molecule has 3 heteroatoms. The van der Waals surface area contributed by atoms with E-state index in [9.17, 15) is 9.50 Å². The van der Waals surface area contributed by atoms with Gasteiger partial charge >= 0.3 is 0 Å². The van der Waals surface area contributed by atoms with E-state index in [4.69, 9.17) is 0 Å². The molecule has 2 rings (SSSR count). The number of piperidine rings is 1. The molecule has 1 heterocycles. The van der Waals surface area contributed by atoms with E-state index in [1.54, 1.807) is 0 Å². The molecule has 0 aromatic rings. The summed E-state index contributed by atoms with van der Waals surface area (Å²) in [6.07, 6.45) is 1.55. The van der Waals surface area contributed by atoms with Gasteiger partial charge in [0.15, 0.2) is 0 Å². The fourth-order valence-electron chi connectivity index (χ4n) is 2.14. The predicted octanol–water partition coefficient (Wildman–Crippen LogP) is 0.0672. The molecule has 58 valence electrons. The molecule has 4 unspecified atom stereocenters. The Morgan fingerprint density at radius 1 is 1.50 bits per heavy atom. The summed E-state index contributed by atoms with van der Waals surface area (Å²) in [6, 6.07) is 0.221. The Bertz CT molecular complexity index is 140. The van der Waals surface area contributed by atoms with E-state index in [0.717, 1.165) is 12.8 Å². The van der Waals surface area contributed by atoms with Gasteiger partial charge in [-0.15, -0.1) is 0 Å². The molecule has 2 fully saturated rings. The van der Waals surface area contributed by atoms with Crippen LogP contribution in [0.15, 0.2) is 0 Å². The number of aliphatic hydroxyl groups is 1. The Morgan fingerprint density at radius 2 is 2.30 bits per heavy atom. The van der Waals surface area contributed by atoms with Crippen molar-refractivity contribution in [1.29, 1.82) is 0 Å². The van der Waals surface area contributed by atoms with E-state index in [-0.39, 0.29) is 24.9 Å². The topological polar surface area (TPSA) is 32.3 Å². The molecule has 1 aliphatic heterocycles. The Morgan fingerprint density at radius 3 is 2.70 bits per heavy atom. The smallest absolute Gasteiger partial charge is 0.105 e. The Hall–Kier alpha value is -0.150. The van der Waals surface area contributed by atoms with E-state index in [0.29, 0.717) is 5.92 Å². The number of fused-ring (bicyclic) bond motifs is 2. The van der Waals surface area contributed by atoms with E-state index in [2.05, 4.69) is 5.32 Å². The molecule has 0 spiro atoms. The van der Waals surface area contributed by atoms with Crippen molar-refractivity contribution in [2.24, 2.45) is 5.92 Å². The first-order valence-corrected chi connectivity index (χ1v) is 3.81. The number of aliphatic hydroxyl groups excluding tert-OH is 1. The third-order valence-electron chi connectivity index (χ3n) is 2.73. The minimum atomic E-state index is -0.284. The van der Waals surface area contributed by atoms with Crippen LogP contribution in [0.4, 0.5) is 4.39 Å². The van der Waals surface area contributed by atoms with Crippen molar-refractivity contribution < 1.29 is 9.50 Å². The largest absolute Gasteiger partial charge is 0.391 e. The first-order valence-electron chi connectivity index (χ1n) is 3.81. The summed E-state index contributed by atoms with van der Waals surface area (Å²) in [6.45, 7) is -0.284. The highest BCUT2D eigenvalue weighted by Gasteiger charge is 2.44. The lowest BCUT2D eigenvalue weighted by Gasteiger charge is -2.23. The quantitative estimate of drug-likeness (QED) is 0.547. The Labute approximate surface area is 59.4 Å². The van der Waals surface area contributed by atoms with Crippen LogP contribution >= 0.6 is 0 Å². The van der Waals surface area contributed by atoms with Crippen LogP contribution in [0, 0.1) is 5.92 Å². The lowest BCUT2D eigenvalue weighted by atomic mass is 10.0. The summed E-state index contributed by atoms with van der Waals surface area (Å²) in [5.41, 5.74) is 0. The first-order chi connectivity index (χ1) is 4.81. The summed E-state index contributed by atoms with van der Waals surface area (Å²) in [5.74, 6) is 0.394. The number of nitrogens with one attached hydrogen (secondary N) is 1. The molecular formula is C7H12FNO. The van der Waals surface area contributed by atoms with Crippen LogP contribution in [0.1, 0.15) is 12.8 Å². The van der Waals surface area contributed by atoms with Crippen molar-refractivity contribution in [3.05, 3.63) is 0 Å². The summed E-state index contributed by atoms with van der Waals surface area (Å²) in [7, 11) is 0. The van der Waals surface area contributed by atoms with Crippen LogP contribution in [0.2, 0.25) is 0 Å². The second-order valence-electron chi connectivity index (χ2n) is 3.33. The van der Waals surface area contributed by atoms with Crippen molar-refractivity contribution in [3.63, 3.8) is 0 Å². The molecule has 1 saturated heterocycles. The first kappa shape index (κ1) is 6.55. The van der Waals surface area contributed by atoms with Gasteiger partial charge < -0.3 is 10.4 Å². The van der Waals surface area contributed by atoms with Crippen LogP contribution in [-0.2, 0) is 0 Å². The molecule has 10 heavy (non-hydrogen) atoms. The van der Waals surface area contributed by atoms with Crippen LogP contribution in [0.25, 0.3) is 0 Å². The second-order valence-corrected chi connectivity index (χ2v) is 3.33.